The number of hydrogen-bond donors (Lipinski definition) is 0. The molecule has 1 saturated heterocycles. The van der Waals surface area contributed by atoms with Gasteiger partial charge in [-0.15, -0.1) is 0 Å². The van der Waals surface area contributed by atoms with Gasteiger partial charge < -0.3 is 14.1 Å². The second kappa shape index (κ2) is 7.79. The van der Waals surface area contributed by atoms with Gasteiger partial charge in [-0.05, 0) is 32.5 Å². The Hall–Kier alpha value is -1.33. The molecule has 5 heteroatoms. The quantitative estimate of drug-likeness (QED) is 0.776. The topological polar surface area (TPSA) is 45.9 Å². The normalized spacial score (nSPS) is 18.4. The van der Waals surface area contributed by atoms with Crippen molar-refractivity contribution < 1.29 is 13.9 Å². The maximum absolute atomic E-state index is 12.7. The van der Waals surface area contributed by atoms with Crippen LogP contribution in [0.4, 0.5) is 0 Å². The smallest absolute Gasteiger partial charge is 0.257 e. The van der Waals surface area contributed by atoms with Crippen LogP contribution in [0, 0.1) is 12.8 Å². The van der Waals surface area contributed by atoms with E-state index in [0.717, 1.165) is 57.3 Å². The van der Waals surface area contributed by atoms with Gasteiger partial charge in [0, 0.05) is 26.1 Å². The third kappa shape index (κ3) is 3.90. The number of likely N-dealkylation sites (tertiary alicyclic amines) is 1. The molecule has 1 fully saturated rings. The predicted molar refractivity (Wildman–Crippen MR) is 86.0 cm³/mol. The zero-order valence-corrected chi connectivity index (χ0v) is 14.2. The first-order valence-electron chi connectivity index (χ1n) is 8.18. The highest BCUT2D eigenvalue weighted by atomic mass is 16.5. The summed E-state index contributed by atoms with van der Waals surface area (Å²) in [6.45, 7) is 11.2. The predicted octanol–water partition coefficient (Wildman–Crippen LogP) is 2.54. The molecule has 5 nitrogen and oxygen atoms in total. The second-order valence-electron chi connectivity index (χ2n) is 6.01. The Bertz CT molecular complexity index is 494. The van der Waals surface area contributed by atoms with Gasteiger partial charge in [0.1, 0.15) is 11.5 Å². The van der Waals surface area contributed by atoms with Crippen molar-refractivity contribution in [1.29, 1.82) is 0 Å². The van der Waals surface area contributed by atoms with Crippen molar-refractivity contribution in [3.05, 3.63) is 23.2 Å². The molecule has 1 aromatic heterocycles. The molecule has 1 aliphatic rings. The van der Waals surface area contributed by atoms with Gasteiger partial charge >= 0.3 is 0 Å². The SMILES string of the molecule is CCN(CC)Cc1cc(C(=O)N2CC[C@H](COC)C2)c(C)o1. The highest BCUT2D eigenvalue weighted by molar-refractivity contribution is 5.95. The van der Waals surface area contributed by atoms with Crippen molar-refractivity contribution in [2.24, 2.45) is 5.92 Å². The highest BCUT2D eigenvalue weighted by Crippen LogP contribution is 2.23. The van der Waals surface area contributed by atoms with Gasteiger partial charge in [-0.3, -0.25) is 9.69 Å². The Morgan fingerprint density at radius 3 is 2.82 bits per heavy atom. The summed E-state index contributed by atoms with van der Waals surface area (Å²) in [6, 6.07) is 1.92. The molecule has 2 rings (SSSR count). The zero-order valence-electron chi connectivity index (χ0n) is 14.2. The number of rotatable bonds is 7. The van der Waals surface area contributed by atoms with Crippen LogP contribution < -0.4 is 0 Å². The summed E-state index contributed by atoms with van der Waals surface area (Å²) in [6.07, 6.45) is 1.02. The number of furan rings is 1. The molecule has 0 aliphatic carbocycles. The maximum atomic E-state index is 12.7. The van der Waals surface area contributed by atoms with Gasteiger partial charge in [-0.25, -0.2) is 0 Å². The molecule has 1 aromatic rings. The molecule has 0 unspecified atom stereocenters. The number of hydrogen-bond acceptors (Lipinski definition) is 4. The lowest BCUT2D eigenvalue weighted by Gasteiger charge is -2.16. The Morgan fingerprint density at radius 2 is 2.18 bits per heavy atom. The lowest BCUT2D eigenvalue weighted by atomic mass is 10.1. The van der Waals surface area contributed by atoms with E-state index in [-0.39, 0.29) is 5.91 Å². The van der Waals surface area contributed by atoms with Crippen LogP contribution in [-0.4, -0.2) is 55.6 Å². The summed E-state index contributed by atoms with van der Waals surface area (Å²) in [5.74, 6) is 2.14. The Labute approximate surface area is 133 Å². The lowest BCUT2D eigenvalue weighted by molar-refractivity contribution is 0.0774. The minimum atomic E-state index is 0.0886. The summed E-state index contributed by atoms with van der Waals surface area (Å²) < 4.78 is 11.0. The van der Waals surface area contributed by atoms with E-state index in [1.807, 2.05) is 17.9 Å². The summed E-state index contributed by atoms with van der Waals surface area (Å²) >= 11 is 0. The van der Waals surface area contributed by atoms with Crippen LogP contribution in [0.2, 0.25) is 0 Å². The fourth-order valence-corrected chi connectivity index (χ4v) is 3.06. The molecule has 0 radical (unpaired) electrons. The van der Waals surface area contributed by atoms with E-state index in [1.54, 1.807) is 7.11 Å². The van der Waals surface area contributed by atoms with Crippen LogP contribution in [-0.2, 0) is 11.3 Å². The second-order valence-corrected chi connectivity index (χ2v) is 6.01. The van der Waals surface area contributed by atoms with Gasteiger partial charge in [0.25, 0.3) is 5.91 Å². The first-order valence-corrected chi connectivity index (χ1v) is 8.18. The number of carbonyl (C=O) groups excluding carboxylic acids is 1. The van der Waals surface area contributed by atoms with Gasteiger partial charge in [0.2, 0.25) is 0 Å². The molecule has 22 heavy (non-hydrogen) atoms. The van der Waals surface area contributed by atoms with Crippen LogP contribution in [0.3, 0.4) is 0 Å². The fraction of sp³-hybridized carbons (Fsp3) is 0.706. The van der Waals surface area contributed by atoms with E-state index in [1.165, 1.54) is 0 Å². The molecule has 1 atom stereocenters. The Kier molecular flexibility index (Phi) is 6.03. The first-order chi connectivity index (χ1) is 10.6. The van der Waals surface area contributed by atoms with Crippen molar-refractivity contribution in [3.63, 3.8) is 0 Å². The summed E-state index contributed by atoms with van der Waals surface area (Å²) in [5, 5.41) is 0. The third-order valence-corrected chi connectivity index (χ3v) is 4.45. The highest BCUT2D eigenvalue weighted by Gasteiger charge is 2.29. The van der Waals surface area contributed by atoms with Crippen molar-refractivity contribution >= 4 is 5.91 Å². The Morgan fingerprint density at radius 1 is 1.45 bits per heavy atom. The van der Waals surface area contributed by atoms with Crippen molar-refractivity contribution in [1.82, 2.24) is 9.80 Å². The average Bonchev–Trinajstić information content (AvgIpc) is 3.11. The molecule has 0 N–H and O–H groups in total. The van der Waals surface area contributed by atoms with Crippen molar-refractivity contribution in [3.8, 4) is 0 Å². The number of carbonyl (C=O) groups is 1. The summed E-state index contributed by atoms with van der Waals surface area (Å²) in [7, 11) is 1.71. The monoisotopic (exact) mass is 308 g/mol. The van der Waals surface area contributed by atoms with E-state index in [9.17, 15) is 4.79 Å². The van der Waals surface area contributed by atoms with E-state index in [2.05, 4.69) is 18.7 Å². The summed E-state index contributed by atoms with van der Waals surface area (Å²) in [5.41, 5.74) is 0.709. The summed E-state index contributed by atoms with van der Waals surface area (Å²) in [4.78, 5) is 16.9. The molecule has 0 spiro atoms. The fourth-order valence-electron chi connectivity index (χ4n) is 3.06. The number of amides is 1. The Balaban J connectivity index is 2.03. The van der Waals surface area contributed by atoms with E-state index < -0.39 is 0 Å². The molecule has 124 valence electrons. The third-order valence-electron chi connectivity index (χ3n) is 4.45. The van der Waals surface area contributed by atoms with Gasteiger partial charge in [0.15, 0.2) is 0 Å². The number of ether oxygens (including phenoxy) is 1. The number of aryl methyl sites for hydroxylation is 1. The molecule has 1 amide bonds. The maximum Gasteiger partial charge on any atom is 0.257 e. The van der Waals surface area contributed by atoms with Crippen molar-refractivity contribution in [2.75, 3.05) is 39.9 Å². The average molecular weight is 308 g/mol. The minimum Gasteiger partial charge on any atom is -0.464 e. The van der Waals surface area contributed by atoms with Gasteiger partial charge in [-0.1, -0.05) is 13.8 Å². The number of methoxy groups -OCH3 is 1. The molecule has 1 aliphatic heterocycles. The van der Waals surface area contributed by atoms with E-state index >= 15 is 0 Å². The zero-order chi connectivity index (χ0) is 16.1. The largest absolute Gasteiger partial charge is 0.464 e. The molecular formula is C17H28N2O3. The van der Waals surface area contributed by atoms with Gasteiger partial charge in [0.05, 0.1) is 18.7 Å². The molecular weight excluding hydrogens is 280 g/mol. The van der Waals surface area contributed by atoms with Crippen LogP contribution in [0.15, 0.2) is 10.5 Å². The van der Waals surface area contributed by atoms with E-state index in [4.69, 9.17) is 9.15 Å². The minimum absolute atomic E-state index is 0.0886. The lowest BCUT2D eigenvalue weighted by Crippen LogP contribution is -2.29. The van der Waals surface area contributed by atoms with Crippen LogP contribution >= 0.6 is 0 Å². The van der Waals surface area contributed by atoms with Crippen LogP contribution in [0.25, 0.3) is 0 Å². The van der Waals surface area contributed by atoms with Crippen LogP contribution in [0.5, 0.6) is 0 Å². The molecule has 0 bridgehead atoms. The standard InChI is InChI=1S/C17H28N2O3/c1-5-18(6-2)11-15-9-16(13(3)22-15)17(20)19-8-7-14(10-19)12-21-4/h9,14H,5-8,10-12H2,1-4H3/t14-/m0/s1. The van der Waals surface area contributed by atoms with Crippen LogP contribution in [0.1, 0.15) is 42.1 Å². The molecule has 2 heterocycles. The molecule has 0 aromatic carbocycles. The van der Waals surface area contributed by atoms with E-state index in [0.29, 0.717) is 11.5 Å². The molecule has 0 saturated carbocycles. The number of nitrogens with zero attached hydrogens (tertiary/aromatic N) is 2. The van der Waals surface area contributed by atoms with Crippen molar-refractivity contribution in [2.45, 2.75) is 33.7 Å². The van der Waals surface area contributed by atoms with Gasteiger partial charge in [-0.2, -0.15) is 0 Å². The first kappa shape index (κ1) is 17.0.